The SMILES string of the molecule is CCOC(=O)C1CCN(C(=O)CN(C)C(=O)c2cc(F)cc(Br)c2)CC1. The van der Waals surface area contributed by atoms with E-state index < -0.39 is 11.7 Å². The molecule has 1 saturated heterocycles. The molecule has 142 valence electrons. The summed E-state index contributed by atoms with van der Waals surface area (Å²) < 4.78 is 18.9. The van der Waals surface area contributed by atoms with Gasteiger partial charge in [-0.3, -0.25) is 14.4 Å². The average molecular weight is 429 g/mol. The highest BCUT2D eigenvalue weighted by atomic mass is 79.9. The molecule has 6 nitrogen and oxygen atoms in total. The van der Waals surface area contributed by atoms with Crippen molar-refractivity contribution in [3.8, 4) is 0 Å². The third-order valence-corrected chi connectivity index (χ3v) is 4.75. The second-order valence-corrected chi connectivity index (χ2v) is 7.14. The van der Waals surface area contributed by atoms with Gasteiger partial charge in [0.2, 0.25) is 5.91 Å². The lowest BCUT2D eigenvalue weighted by atomic mass is 9.97. The Kier molecular flexibility index (Phi) is 7.14. The summed E-state index contributed by atoms with van der Waals surface area (Å²) in [7, 11) is 1.50. The first-order valence-corrected chi connectivity index (χ1v) is 9.27. The molecule has 0 aromatic heterocycles. The van der Waals surface area contributed by atoms with Crippen LogP contribution in [0.2, 0.25) is 0 Å². The minimum absolute atomic E-state index is 0.100. The predicted octanol–water partition coefficient (Wildman–Crippen LogP) is 2.46. The van der Waals surface area contributed by atoms with Crippen molar-refractivity contribution >= 4 is 33.7 Å². The first kappa shape index (κ1) is 20.4. The standard InChI is InChI=1S/C18H22BrFN2O4/c1-3-26-18(25)12-4-6-22(7-5-12)16(23)11-21(2)17(24)13-8-14(19)10-15(20)9-13/h8-10,12H,3-7,11H2,1-2H3. The van der Waals surface area contributed by atoms with Gasteiger partial charge in [0, 0.05) is 30.2 Å². The Hall–Kier alpha value is -1.96. The fourth-order valence-electron chi connectivity index (χ4n) is 2.90. The number of hydrogen-bond donors (Lipinski definition) is 0. The van der Waals surface area contributed by atoms with Crippen LogP contribution in [0.15, 0.2) is 22.7 Å². The molecule has 0 saturated carbocycles. The zero-order chi connectivity index (χ0) is 19.3. The summed E-state index contributed by atoms with van der Waals surface area (Å²) in [6, 6.07) is 3.91. The minimum Gasteiger partial charge on any atom is -0.466 e. The van der Waals surface area contributed by atoms with Gasteiger partial charge in [0.1, 0.15) is 5.82 Å². The number of ether oxygens (including phenoxy) is 1. The van der Waals surface area contributed by atoms with Gasteiger partial charge in [-0.05, 0) is 38.0 Å². The molecule has 1 aliphatic rings. The van der Waals surface area contributed by atoms with Crippen LogP contribution in [-0.4, -0.2) is 60.9 Å². The molecule has 1 aromatic rings. The molecule has 0 spiro atoms. The van der Waals surface area contributed by atoms with Crippen LogP contribution in [0.1, 0.15) is 30.1 Å². The number of hydrogen-bond acceptors (Lipinski definition) is 4. The second kappa shape index (κ2) is 9.12. The summed E-state index contributed by atoms with van der Waals surface area (Å²) in [5.41, 5.74) is 0.174. The highest BCUT2D eigenvalue weighted by molar-refractivity contribution is 9.10. The van der Waals surface area contributed by atoms with Crippen LogP contribution in [-0.2, 0) is 14.3 Å². The molecule has 1 aliphatic heterocycles. The molecule has 2 rings (SSSR count). The topological polar surface area (TPSA) is 66.9 Å². The average Bonchev–Trinajstić information content (AvgIpc) is 2.60. The van der Waals surface area contributed by atoms with E-state index in [1.165, 1.54) is 24.1 Å². The lowest BCUT2D eigenvalue weighted by molar-refractivity contribution is -0.151. The maximum absolute atomic E-state index is 13.4. The molecule has 1 aromatic carbocycles. The van der Waals surface area contributed by atoms with Crippen molar-refractivity contribution in [3.05, 3.63) is 34.1 Å². The molecule has 1 fully saturated rings. The zero-order valence-corrected chi connectivity index (χ0v) is 16.4. The summed E-state index contributed by atoms with van der Waals surface area (Å²) in [5.74, 6) is -1.55. The van der Waals surface area contributed by atoms with Crippen LogP contribution in [0.5, 0.6) is 0 Å². The number of rotatable bonds is 5. The van der Waals surface area contributed by atoms with E-state index in [0.29, 0.717) is 37.0 Å². The van der Waals surface area contributed by atoms with Crippen LogP contribution >= 0.6 is 15.9 Å². The van der Waals surface area contributed by atoms with E-state index >= 15 is 0 Å². The highest BCUT2D eigenvalue weighted by Gasteiger charge is 2.29. The van der Waals surface area contributed by atoms with Gasteiger partial charge in [-0.1, -0.05) is 15.9 Å². The smallest absolute Gasteiger partial charge is 0.309 e. The molecule has 2 amide bonds. The number of likely N-dealkylation sites (tertiary alicyclic amines) is 1. The molecule has 8 heteroatoms. The van der Waals surface area contributed by atoms with Gasteiger partial charge in [0.05, 0.1) is 19.1 Å². The van der Waals surface area contributed by atoms with Crippen molar-refractivity contribution in [2.75, 3.05) is 33.3 Å². The number of carbonyl (C=O) groups is 3. The lowest BCUT2D eigenvalue weighted by Crippen LogP contribution is -2.45. The summed E-state index contributed by atoms with van der Waals surface area (Å²) in [5, 5.41) is 0. The van der Waals surface area contributed by atoms with Crippen molar-refractivity contribution in [2.24, 2.45) is 5.92 Å². The number of amides is 2. The van der Waals surface area contributed by atoms with Crippen molar-refractivity contribution in [1.82, 2.24) is 9.80 Å². The maximum atomic E-state index is 13.4. The Morgan fingerprint density at radius 1 is 1.27 bits per heavy atom. The van der Waals surface area contributed by atoms with Gasteiger partial charge in [-0.25, -0.2) is 4.39 Å². The summed E-state index contributed by atoms with van der Waals surface area (Å²) in [4.78, 5) is 39.4. The molecular weight excluding hydrogens is 407 g/mol. The third-order valence-electron chi connectivity index (χ3n) is 4.30. The van der Waals surface area contributed by atoms with E-state index in [-0.39, 0.29) is 29.9 Å². The van der Waals surface area contributed by atoms with Gasteiger partial charge in [0.15, 0.2) is 0 Å². The number of esters is 1. The fraction of sp³-hybridized carbons (Fsp3) is 0.500. The largest absolute Gasteiger partial charge is 0.466 e. The fourth-order valence-corrected chi connectivity index (χ4v) is 3.36. The molecule has 0 unspecified atom stereocenters. The van der Waals surface area contributed by atoms with Crippen molar-refractivity contribution in [1.29, 1.82) is 0 Å². The van der Waals surface area contributed by atoms with Gasteiger partial charge in [-0.2, -0.15) is 0 Å². The molecule has 0 radical (unpaired) electrons. The molecule has 1 heterocycles. The van der Waals surface area contributed by atoms with Crippen molar-refractivity contribution in [3.63, 3.8) is 0 Å². The third kappa shape index (κ3) is 5.27. The van der Waals surface area contributed by atoms with E-state index in [2.05, 4.69) is 15.9 Å². The molecule has 26 heavy (non-hydrogen) atoms. The number of halogens is 2. The van der Waals surface area contributed by atoms with Crippen LogP contribution in [0.4, 0.5) is 4.39 Å². The van der Waals surface area contributed by atoms with E-state index in [0.717, 1.165) is 6.07 Å². The van der Waals surface area contributed by atoms with E-state index in [9.17, 15) is 18.8 Å². The monoisotopic (exact) mass is 428 g/mol. The quantitative estimate of drug-likeness (QED) is 0.675. The number of likely N-dealkylation sites (N-methyl/N-ethyl adjacent to an activating group) is 1. The first-order valence-electron chi connectivity index (χ1n) is 8.47. The van der Waals surface area contributed by atoms with Crippen molar-refractivity contribution in [2.45, 2.75) is 19.8 Å². The van der Waals surface area contributed by atoms with Crippen LogP contribution < -0.4 is 0 Å². The molecule has 0 bridgehead atoms. The maximum Gasteiger partial charge on any atom is 0.309 e. The van der Waals surface area contributed by atoms with Gasteiger partial charge in [0.25, 0.3) is 5.91 Å². The second-order valence-electron chi connectivity index (χ2n) is 6.23. The number of piperidine rings is 1. The minimum atomic E-state index is -0.525. The number of benzene rings is 1. The molecule has 0 aliphatic carbocycles. The summed E-state index contributed by atoms with van der Waals surface area (Å²) in [6.45, 7) is 2.92. The van der Waals surface area contributed by atoms with Crippen molar-refractivity contribution < 1.29 is 23.5 Å². The lowest BCUT2D eigenvalue weighted by Gasteiger charge is -2.32. The predicted molar refractivity (Wildman–Crippen MR) is 97.0 cm³/mol. The summed E-state index contributed by atoms with van der Waals surface area (Å²) >= 11 is 3.15. The Bertz CT molecular complexity index is 670. The molecular formula is C18H22BrFN2O4. The summed E-state index contributed by atoms with van der Waals surface area (Å²) in [6.07, 6.45) is 1.11. The number of nitrogens with zero attached hydrogens (tertiary/aromatic N) is 2. The Morgan fingerprint density at radius 3 is 2.50 bits per heavy atom. The Balaban J connectivity index is 1.89. The highest BCUT2D eigenvalue weighted by Crippen LogP contribution is 2.19. The van der Waals surface area contributed by atoms with Crippen LogP contribution in [0.3, 0.4) is 0 Å². The van der Waals surface area contributed by atoms with Gasteiger partial charge in [-0.15, -0.1) is 0 Å². The normalized spacial score (nSPS) is 14.8. The van der Waals surface area contributed by atoms with Gasteiger partial charge < -0.3 is 14.5 Å². The zero-order valence-electron chi connectivity index (χ0n) is 14.8. The number of carbonyl (C=O) groups excluding carboxylic acids is 3. The van der Waals surface area contributed by atoms with Crippen LogP contribution in [0.25, 0.3) is 0 Å². The van der Waals surface area contributed by atoms with E-state index in [1.807, 2.05) is 0 Å². The Labute approximate surface area is 160 Å². The van der Waals surface area contributed by atoms with E-state index in [4.69, 9.17) is 4.74 Å². The van der Waals surface area contributed by atoms with Crippen LogP contribution in [0, 0.1) is 11.7 Å². The first-order chi connectivity index (χ1) is 12.3. The Morgan fingerprint density at radius 2 is 1.92 bits per heavy atom. The molecule has 0 N–H and O–H groups in total. The molecule has 0 atom stereocenters. The van der Waals surface area contributed by atoms with Gasteiger partial charge >= 0.3 is 5.97 Å². The van der Waals surface area contributed by atoms with E-state index in [1.54, 1.807) is 11.8 Å².